The summed E-state index contributed by atoms with van der Waals surface area (Å²) in [5, 5.41) is 0. The highest BCUT2D eigenvalue weighted by Crippen LogP contribution is 2.31. The lowest BCUT2D eigenvalue weighted by atomic mass is 10.0. The standard InChI is InChI=1S/C23H26BN3O/c1-3-15-28-20-10-7-18(8-11-20)6-9-19-16-17(2)23(26-19)21(12-13-25)22-5-4-14-27(22)24/h3-11,14,16H,1,12-13,15,24-25H2,2H3/b9-6+,23-21-. The summed E-state index contributed by atoms with van der Waals surface area (Å²) in [5.41, 5.74) is 12.5. The Hall–Kier alpha value is -3.05. The van der Waals surface area contributed by atoms with Crippen molar-refractivity contribution < 1.29 is 4.74 Å². The van der Waals surface area contributed by atoms with Gasteiger partial charge in [0, 0.05) is 11.3 Å². The van der Waals surface area contributed by atoms with E-state index in [2.05, 4.69) is 36.2 Å². The third-order valence-corrected chi connectivity index (χ3v) is 4.61. The summed E-state index contributed by atoms with van der Waals surface area (Å²) < 4.78 is 7.63. The van der Waals surface area contributed by atoms with Crippen molar-refractivity contribution in [2.75, 3.05) is 13.2 Å². The van der Waals surface area contributed by atoms with Gasteiger partial charge in [0.15, 0.2) is 0 Å². The summed E-state index contributed by atoms with van der Waals surface area (Å²) in [6.45, 7) is 6.87. The summed E-state index contributed by atoms with van der Waals surface area (Å²) in [6.07, 6.45) is 10.8. The van der Waals surface area contributed by atoms with Crippen LogP contribution in [0.2, 0.25) is 0 Å². The van der Waals surface area contributed by atoms with Crippen LogP contribution in [0.15, 0.2) is 83.7 Å². The molecule has 0 unspecified atom stereocenters. The molecular weight excluding hydrogens is 345 g/mol. The van der Waals surface area contributed by atoms with E-state index in [1.165, 1.54) is 5.57 Å². The largest absolute Gasteiger partial charge is 0.490 e. The number of rotatable bonds is 8. The zero-order valence-electron chi connectivity index (χ0n) is 16.6. The molecule has 2 N–H and O–H groups in total. The Morgan fingerprint density at radius 1 is 1.25 bits per heavy atom. The molecule has 1 aromatic heterocycles. The van der Waals surface area contributed by atoms with E-state index in [9.17, 15) is 0 Å². The zero-order chi connectivity index (χ0) is 19.9. The molecule has 0 amide bonds. The molecule has 4 nitrogen and oxygen atoms in total. The predicted molar refractivity (Wildman–Crippen MR) is 121 cm³/mol. The molecule has 1 aliphatic heterocycles. The lowest BCUT2D eigenvalue weighted by molar-refractivity contribution is 0.363. The number of aromatic nitrogens is 1. The van der Waals surface area contributed by atoms with Crippen molar-refractivity contribution in [3.8, 4) is 5.75 Å². The first-order valence-corrected chi connectivity index (χ1v) is 9.46. The minimum Gasteiger partial charge on any atom is -0.490 e. The molecule has 2 aromatic rings. The number of hydrogen-bond acceptors (Lipinski definition) is 3. The van der Waals surface area contributed by atoms with Crippen LogP contribution in [0.1, 0.15) is 24.6 Å². The first-order chi connectivity index (χ1) is 13.6. The normalized spacial score (nSPS) is 15.5. The maximum Gasteiger partial charge on any atom is 0.223 e. The number of aliphatic imine (C=N–C) groups is 1. The summed E-state index contributed by atoms with van der Waals surface area (Å²) >= 11 is 0. The monoisotopic (exact) mass is 371 g/mol. The second-order valence-electron chi connectivity index (χ2n) is 6.74. The fourth-order valence-corrected chi connectivity index (χ4v) is 3.23. The summed E-state index contributed by atoms with van der Waals surface area (Å²) in [7, 11) is 2.05. The maximum absolute atomic E-state index is 5.87. The van der Waals surface area contributed by atoms with E-state index in [0.717, 1.165) is 40.4 Å². The first kappa shape index (κ1) is 19.7. The van der Waals surface area contributed by atoms with Crippen LogP contribution in [0.4, 0.5) is 0 Å². The SMILES string of the molecule is Bn1cccc1/C(CCN)=C1N=C(/C=C/c2ccc(OCC=C)cc2)C=C\1C. The summed E-state index contributed by atoms with van der Waals surface area (Å²) in [6, 6.07) is 12.1. The molecule has 0 aliphatic carbocycles. The maximum atomic E-state index is 5.87. The smallest absolute Gasteiger partial charge is 0.223 e. The van der Waals surface area contributed by atoms with Gasteiger partial charge in [-0.05, 0) is 73.6 Å². The van der Waals surface area contributed by atoms with Crippen molar-refractivity contribution in [1.82, 2.24) is 4.48 Å². The Morgan fingerprint density at radius 2 is 2.04 bits per heavy atom. The van der Waals surface area contributed by atoms with E-state index in [0.29, 0.717) is 13.2 Å². The van der Waals surface area contributed by atoms with E-state index < -0.39 is 0 Å². The van der Waals surface area contributed by atoms with Gasteiger partial charge in [0.25, 0.3) is 0 Å². The molecule has 2 heterocycles. The Kier molecular flexibility index (Phi) is 6.51. The molecule has 5 heteroatoms. The van der Waals surface area contributed by atoms with Crippen LogP contribution in [0.25, 0.3) is 11.6 Å². The Morgan fingerprint density at radius 3 is 2.68 bits per heavy atom. The molecular formula is C23H26BN3O. The average Bonchev–Trinajstić information content (AvgIpc) is 3.29. The number of nitrogens with zero attached hydrogens (tertiary/aromatic N) is 2. The minimum absolute atomic E-state index is 0.511. The lowest BCUT2D eigenvalue weighted by Crippen LogP contribution is -2.05. The molecule has 1 aromatic carbocycles. The van der Waals surface area contributed by atoms with Gasteiger partial charge in [0.2, 0.25) is 7.98 Å². The van der Waals surface area contributed by atoms with Crippen molar-refractivity contribution in [1.29, 1.82) is 0 Å². The summed E-state index contributed by atoms with van der Waals surface area (Å²) in [5.74, 6) is 0.838. The van der Waals surface area contributed by atoms with Crippen LogP contribution in [0.3, 0.4) is 0 Å². The quantitative estimate of drug-likeness (QED) is 0.569. The van der Waals surface area contributed by atoms with Gasteiger partial charge in [-0.15, -0.1) is 0 Å². The van der Waals surface area contributed by atoms with Crippen LogP contribution in [0, 0.1) is 0 Å². The fourth-order valence-electron chi connectivity index (χ4n) is 3.23. The molecule has 142 valence electrons. The Bertz CT molecular complexity index is 962. The van der Waals surface area contributed by atoms with Crippen molar-refractivity contribution in [3.05, 3.63) is 89.9 Å². The van der Waals surface area contributed by atoms with Crippen LogP contribution in [-0.4, -0.2) is 31.3 Å². The van der Waals surface area contributed by atoms with Gasteiger partial charge in [-0.3, -0.25) is 0 Å². The number of benzene rings is 1. The number of hydrogen-bond donors (Lipinski definition) is 1. The third-order valence-electron chi connectivity index (χ3n) is 4.61. The van der Waals surface area contributed by atoms with Crippen LogP contribution < -0.4 is 10.5 Å². The summed E-state index contributed by atoms with van der Waals surface area (Å²) in [4.78, 5) is 4.87. The van der Waals surface area contributed by atoms with Crippen molar-refractivity contribution in [2.45, 2.75) is 13.3 Å². The van der Waals surface area contributed by atoms with Gasteiger partial charge in [0.1, 0.15) is 12.4 Å². The zero-order valence-corrected chi connectivity index (χ0v) is 16.6. The lowest BCUT2D eigenvalue weighted by Gasteiger charge is -2.11. The van der Waals surface area contributed by atoms with Gasteiger partial charge >= 0.3 is 0 Å². The predicted octanol–water partition coefficient (Wildman–Crippen LogP) is 3.62. The van der Waals surface area contributed by atoms with E-state index in [1.807, 2.05) is 50.6 Å². The van der Waals surface area contributed by atoms with Crippen molar-refractivity contribution in [2.24, 2.45) is 10.7 Å². The molecule has 0 bridgehead atoms. The van der Waals surface area contributed by atoms with Gasteiger partial charge < -0.3 is 14.9 Å². The Labute approximate surface area is 167 Å². The average molecular weight is 371 g/mol. The van der Waals surface area contributed by atoms with E-state index in [-0.39, 0.29) is 0 Å². The van der Waals surface area contributed by atoms with E-state index >= 15 is 0 Å². The molecule has 0 radical (unpaired) electrons. The third kappa shape index (κ3) is 4.62. The van der Waals surface area contributed by atoms with Crippen molar-refractivity contribution in [3.63, 3.8) is 0 Å². The fraction of sp³-hybridized carbons (Fsp3) is 0.174. The molecule has 0 saturated carbocycles. The number of ether oxygens (including phenoxy) is 1. The molecule has 0 spiro atoms. The molecule has 3 rings (SSSR count). The van der Waals surface area contributed by atoms with Gasteiger partial charge in [-0.25, -0.2) is 4.99 Å². The molecule has 0 saturated heterocycles. The van der Waals surface area contributed by atoms with Crippen LogP contribution >= 0.6 is 0 Å². The van der Waals surface area contributed by atoms with Gasteiger partial charge in [0.05, 0.1) is 11.4 Å². The highest BCUT2D eigenvalue weighted by molar-refractivity contribution is 6.11. The molecule has 0 fully saturated rings. The van der Waals surface area contributed by atoms with E-state index in [4.69, 9.17) is 15.5 Å². The highest BCUT2D eigenvalue weighted by Gasteiger charge is 2.16. The second kappa shape index (κ2) is 9.24. The topological polar surface area (TPSA) is 52.5 Å². The van der Waals surface area contributed by atoms with Crippen LogP contribution in [0.5, 0.6) is 5.75 Å². The van der Waals surface area contributed by atoms with Crippen LogP contribution in [-0.2, 0) is 0 Å². The molecule has 28 heavy (non-hydrogen) atoms. The minimum atomic E-state index is 0.511. The number of allylic oxidation sites excluding steroid dienone is 3. The molecule has 1 aliphatic rings. The second-order valence-corrected chi connectivity index (χ2v) is 6.74. The highest BCUT2D eigenvalue weighted by atomic mass is 16.5. The molecule has 0 atom stereocenters. The Balaban J connectivity index is 1.83. The van der Waals surface area contributed by atoms with Crippen molar-refractivity contribution >= 4 is 25.3 Å². The van der Waals surface area contributed by atoms with Gasteiger partial charge in [-0.2, -0.15) is 0 Å². The first-order valence-electron chi connectivity index (χ1n) is 9.46. The van der Waals surface area contributed by atoms with Gasteiger partial charge in [-0.1, -0.05) is 30.9 Å². The van der Waals surface area contributed by atoms with E-state index in [1.54, 1.807) is 6.08 Å². The number of nitrogens with two attached hydrogens (primary N) is 1.